The van der Waals surface area contributed by atoms with E-state index in [4.69, 9.17) is 11.8 Å². The van der Waals surface area contributed by atoms with Gasteiger partial charge in [-0.3, -0.25) is 4.79 Å². The van der Waals surface area contributed by atoms with Gasteiger partial charge in [0.15, 0.2) is 5.78 Å². The highest BCUT2D eigenvalue weighted by Gasteiger charge is 2.27. The van der Waals surface area contributed by atoms with Gasteiger partial charge in [0.05, 0.1) is 12.6 Å². The van der Waals surface area contributed by atoms with Crippen LogP contribution in [0.25, 0.3) is 21.2 Å². The van der Waals surface area contributed by atoms with Crippen LogP contribution in [0.2, 0.25) is 0 Å². The standard InChI is InChI=1S/C16H8N2O/c1-18-15(9-17)13-8-16(19)14-7-11-5-3-2-4-10(11)6-12(13)14/h2-7H,8H2/b15-13+. The molecule has 19 heavy (non-hydrogen) atoms. The van der Waals surface area contributed by atoms with Crippen LogP contribution in [0.4, 0.5) is 0 Å². The van der Waals surface area contributed by atoms with E-state index < -0.39 is 0 Å². The second-order valence-electron chi connectivity index (χ2n) is 4.40. The lowest BCUT2D eigenvalue weighted by molar-refractivity contribution is 0.100. The van der Waals surface area contributed by atoms with Crippen molar-refractivity contribution in [3.05, 3.63) is 64.6 Å². The van der Waals surface area contributed by atoms with Crippen LogP contribution in [0.5, 0.6) is 0 Å². The highest BCUT2D eigenvalue weighted by molar-refractivity contribution is 6.15. The lowest BCUT2D eigenvalue weighted by Crippen LogP contribution is -1.90. The first-order chi connectivity index (χ1) is 9.24. The fourth-order valence-electron chi connectivity index (χ4n) is 2.44. The molecule has 0 N–H and O–H groups in total. The summed E-state index contributed by atoms with van der Waals surface area (Å²) in [5.41, 5.74) is 1.92. The second kappa shape index (κ2) is 4.08. The molecule has 3 rings (SSSR count). The normalized spacial score (nSPS) is 15.8. The average Bonchev–Trinajstić information content (AvgIpc) is 2.75. The van der Waals surface area contributed by atoms with Crippen LogP contribution in [-0.2, 0) is 0 Å². The lowest BCUT2D eigenvalue weighted by atomic mass is 10.0. The van der Waals surface area contributed by atoms with Crippen LogP contribution >= 0.6 is 0 Å². The van der Waals surface area contributed by atoms with Gasteiger partial charge < -0.3 is 0 Å². The maximum absolute atomic E-state index is 12.0. The van der Waals surface area contributed by atoms with Crippen molar-refractivity contribution in [1.82, 2.24) is 0 Å². The van der Waals surface area contributed by atoms with Crippen LogP contribution in [-0.4, -0.2) is 5.78 Å². The summed E-state index contributed by atoms with van der Waals surface area (Å²) in [4.78, 5) is 15.2. The minimum atomic E-state index is -0.0212. The highest BCUT2D eigenvalue weighted by atomic mass is 16.1. The molecule has 0 saturated carbocycles. The van der Waals surface area contributed by atoms with E-state index in [1.165, 1.54) is 0 Å². The fraction of sp³-hybridized carbons (Fsp3) is 0.0625. The Bertz CT molecular complexity index is 816. The Labute approximate surface area is 110 Å². The summed E-state index contributed by atoms with van der Waals surface area (Å²) in [5, 5.41) is 11.0. The first kappa shape index (κ1) is 11.2. The topological polar surface area (TPSA) is 45.2 Å². The van der Waals surface area contributed by atoms with Gasteiger partial charge in [-0.1, -0.05) is 24.3 Å². The van der Waals surface area contributed by atoms with Crippen LogP contribution in [0.15, 0.2) is 42.1 Å². The van der Waals surface area contributed by atoms with Gasteiger partial charge in [-0.15, -0.1) is 0 Å². The predicted molar refractivity (Wildman–Crippen MR) is 72.0 cm³/mol. The number of rotatable bonds is 0. The summed E-state index contributed by atoms with van der Waals surface area (Å²) < 4.78 is 0. The van der Waals surface area contributed by atoms with E-state index in [0.717, 1.165) is 16.3 Å². The third-order valence-electron chi connectivity index (χ3n) is 3.35. The summed E-state index contributed by atoms with van der Waals surface area (Å²) in [6.07, 6.45) is 0.150. The van der Waals surface area contributed by atoms with E-state index in [0.29, 0.717) is 11.1 Å². The Balaban J connectivity index is 2.37. The molecule has 0 saturated heterocycles. The van der Waals surface area contributed by atoms with E-state index >= 15 is 0 Å². The van der Waals surface area contributed by atoms with Crippen LogP contribution in [0.1, 0.15) is 22.3 Å². The summed E-state index contributed by atoms with van der Waals surface area (Å²) in [7, 11) is 0. The number of hydrogen-bond donors (Lipinski definition) is 0. The van der Waals surface area contributed by atoms with Crippen molar-refractivity contribution in [3.8, 4) is 6.07 Å². The summed E-state index contributed by atoms with van der Waals surface area (Å²) in [5.74, 6) is -0.0212. The van der Waals surface area contributed by atoms with Crippen molar-refractivity contribution < 1.29 is 4.79 Å². The zero-order chi connectivity index (χ0) is 13.4. The number of ketones is 1. The summed E-state index contributed by atoms with van der Waals surface area (Å²) in [6, 6.07) is 13.4. The SMILES string of the molecule is [C-]#[N+]/C(C#N)=C1\CC(=O)c2cc3ccccc3cc21. The number of allylic oxidation sites excluding steroid dienone is 2. The Morgan fingerprint density at radius 2 is 1.84 bits per heavy atom. The molecule has 88 valence electrons. The number of carbonyl (C=O) groups excluding carboxylic acids is 1. The molecule has 0 atom stereocenters. The number of benzene rings is 2. The number of hydrogen-bond acceptors (Lipinski definition) is 2. The Hall–Kier alpha value is -2.91. The molecule has 2 aromatic carbocycles. The van der Waals surface area contributed by atoms with Crippen molar-refractivity contribution in [2.75, 3.05) is 0 Å². The molecule has 0 spiro atoms. The maximum Gasteiger partial charge on any atom is 0.266 e. The first-order valence-corrected chi connectivity index (χ1v) is 5.81. The molecule has 0 heterocycles. The number of carbonyl (C=O) groups is 1. The van der Waals surface area contributed by atoms with E-state index in [9.17, 15) is 4.79 Å². The van der Waals surface area contributed by atoms with Crippen molar-refractivity contribution in [1.29, 1.82) is 5.26 Å². The number of fused-ring (bicyclic) bond motifs is 2. The average molecular weight is 244 g/mol. The molecular formula is C16H8N2O. The minimum absolute atomic E-state index is 0.0161. The van der Waals surface area contributed by atoms with Gasteiger partial charge in [-0.05, 0) is 34.0 Å². The largest absolute Gasteiger partial charge is 0.294 e. The molecule has 0 amide bonds. The molecule has 0 radical (unpaired) electrons. The van der Waals surface area contributed by atoms with Crippen molar-refractivity contribution >= 4 is 22.1 Å². The predicted octanol–water partition coefficient (Wildman–Crippen LogP) is 3.58. The summed E-state index contributed by atoms with van der Waals surface area (Å²) in [6.45, 7) is 7.03. The molecule has 2 aromatic rings. The Kier molecular flexibility index (Phi) is 2.41. The lowest BCUT2D eigenvalue weighted by Gasteiger charge is -2.03. The molecule has 0 unspecified atom stereocenters. The molecule has 3 nitrogen and oxygen atoms in total. The molecule has 0 bridgehead atoms. The minimum Gasteiger partial charge on any atom is -0.294 e. The zero-order valence-corrected chi connectivity index (χ0v) is 9.97. The summed E-state index contributed by atoms with van der Waals surface area (Å²) >= 11 is 0. The van der Waals surface area contributed by atoms with Crippen LogP contribution < -0.4 is 0 Å². The zero-order valence-electron chi connectivity index (χ0n) is 9.97. The smallest absolute Gasteiger partial charge is 0.266 e. The van der Waals surface area contributed by atoms with Gasteiger partial charge in [0.2, 0.25) is 0 Å². The molecule has 1 aliphatic rings. The van der Waals surface area contributed by atoms with Gasteiger partial charge in [0, 0.05) is 12.0 Å². The van der Waals surface area contributed by atoms with E-state index in [2.05, 4.69) is 4.85 Å². The van der Waals surface area contributed by atoms with Gasteiger partial charge in [-0.25, -0.2) is 10.1 Å². The third-order valence-corrected chi connectivity index (χ3v) is 3.35. The van der Waals surface area contributed by atoms with Gasteiger partial charge in [-0.2, -0.15) is 0 Å². The molecule has 0 aromatic heterocycles. The monoisotopic (exact) mass is 244 g/mol. The molecular weight excluding hydrogens is 236 g/mol. The third kappa shape index (κ3) is 1.61. The van der Waals surface area contributed by atoms with Crippen LogP contribution in [0, 0.1) is 17.9 Å². The van der Waals surface area contributed by atoms with Crippen molar-refractivity contribution in [2.45, 2.75) is 6.42 Å². The highest BCUT2D eigenvalue weighted by Crippen LogP contribution is 2.37. The molecule has 0 aliphatic heterocycles. The quantitative estimate of drug-likeness (QED) is 0.525. The van der Waals surface area contributed by atoms with Crippen molar-refractivity contribution in [3.63, 3.8) is 0 Å². The van der Waals surface area contributed by atoms with Gasteiger partial charge in [0.1, 0.15) is 0 Å². The first-order valence-electron chi connectivity index (χ1n) is 5.81. The fourth-order valence-corrected chi connectivity index (χ4v) is 2.44. The molecule has 3 heteroatoms. The number of nitrogens with zero attached hydrogens (tertiary/aromatic N) is 2. The Morgan fingerprint density at radius 1 is 1.21 bits per heavy atom. The maximum atomic E-state index is 12.0. The molecule has 0 fully saturated rings. The van der Waals surface area contributed by atoms with Crippen LogP contribution in [0.3, 0.4) is 0 Å². The number of Topliss-reactive ketones (excluding diaryl/α,β-unsaturated/α-hetero) is 1. The van der Waals surface area contributed by atoms with Gasteiger partial charge in [0.25, 0.3) is 5.70 Å². The van der Waals surface area contributed by atoms with E-state index in [1.807, 2.05) is 42.5 Å². The van der Waals surface area contributed by atoms with E-state index in [1.54, 1.807) is 0 Å². The van der Waals surface area contributed by atoms with Crippen molar-refractivity contribution in [2.24, 2.45) is 0 Å². The van der Waals surface area contributed by atoms with E-state index in [-0.39, 0.29) is 17.9 Å². The number of nitriles is 1. The van der Waals surface area contributed by atoms with Gasteiger partial charge >= 0.3 is 0 Å². The second-order valence-corrected chi connectivity index (χ2v) is 4.40. The Morgan fingerprint density at radius 3 is 2.42 bits per heavy atom. The molecule has 1 aliphatic carbocycles.